The summed E-state index contributed by atoms with van der Waals surface area (Å²) < 4.78 is 0. The van der Waals surface area contributed by atoms with Gasteiger partial charge in [0, 0.05) is 40.0 Å². The van der Waals surface area contributed by atoms with E-state index in [1.54, 1.807) is 60.7 Å². The van der Waals surface area contributed by atoms with Crippen molar-refractivity contribution in [3.63, 3.8) is 0 Å². The van der Waals surface area contributed by atoms with Crippen LogP contribution >= 0.6 is 0 Å². The molecule has 6 aromatic rings. The lowest BCUT2D eigenvalue weighted by atomic mass is 9.89. The average molecular weight is 627 g/mol. The van der Waals surface area contributed by atoms with E-state index in [1.165, 1.54) is 36.4 Å². The van der Waals surface area contributed by atoms with Crippen LogP contribution in [-0.2, 0) is 6.42 Å². The van der Waals surface area contributed by atoms with Crippen molar-refractivity contribution < 1.29 is 39.6 Å². The summed E-state index contributed by atoms with van der Waals surface area (Å²) >= 11 is 0. The zero-order valence-electron chi connectivity index (χ0n) is 24.5. The predicted molar refractivity (Wildman–Crippen MR) is 177 cm³/mol. The van der Waals surface area contributed by atoms with E-state index in [0.717, 1.165) is 0 Å². The summed E-state index contributed by atoms with van der Waals surface area (Å²) in [5.41, 5.74) is 0.916. The summed E-state index contributed by atoms with van der Waals surface area (Å²) in [7, 11) is 0. The summed E-state index contributed by atoms with van der Waals surface area (Å²) in [5, 5.41) is 49.2. The predicted octanol–water partition coefficient (Wildman–Crippen LogP) is 6.90. The van der Waals surface area contributed by atoms with Gasteiger partial charge < -0.3 is 31.1 Å². The first kappa shape index (κ1) is 30.4. The number of carbonyl (C=O) groups is 4. The molecule has 0 aromatic heterocycles. The van der Waals surface area contributed by atoms with Crippen molar-refractivity contribution in [2.75, 3.05) is 10.6 Å². The molecule has 0 saturated carbocycles. The lowest BCUT2D eigenvalue weighted by Crippen LogP contribution is -2.12. The second-order valence-corrected chi connectivity index (χ2v) is 10.8. The molecule has 0 heterocycles. The fraction of sp³-hybridized carbons (Fsp3) is 0.0270. The molecule has 0 aliphatic rings. The molecule has 6 aromatic carbocycles. The number of fused-ring (bicyclic) bond motifs is 2. The summed E-state index contributed by atoms with van der Waals surface area (Å²) in [6, 6.07) is 29.2. The third-order valence-electron chi connectivity index (χ3n) is 7.84. The molecule has 0 spiro atoms. The minimum Gasteiger partial charge on any atom is -0.507 e. The van der Waals surface area contributed by atoms with E-state index in [4.69, 9.17) is 0 Å². The van der Waals surface area contributed by atoms with E-state index < -0.39 is 46.4 Å². The van der Waals surface area contributed by atoms with Crippen LogP contribution < -0.4 is 10.6 Å². The van der Waals surface area contributed by atoms with Crippen molar-refractivity contribution in [2.45, 2.75) is 6.42 Å². The minimum atomic E-state index is -1.42. The Morgan fingerprint density at radius 1 is 0.511 bits per heavy atom. The van der Waals surface area contributed by atoms with Crippen LogP contribution in [0, 0.1) is 0 Å². The molecule has 0 atom stereocenters. The third-order valence-corrected chi connectivity index (χ3v) is 7.84. The van der Waals surface area contributed by atoms with Gasteiger partial charge in [0.25, 0.3) is 11.8 Å². The van der Waals surface area contributed by atoms with Crippen LogP contribution in [0.15, 0.2) is 109 Å². The number of para-hydroxylation sites is 2. The fourth-order valence-corrected chi connectivity index (χ4v) is 5.53. The number of aromatic hydroxyl groups is 2. The summed E-state index contributed by atoms with van der Waals surface area (Å²) in [4.78, 5) is 50.4. The smallest absolute Gasteiger partial charge is 0.339 e. The number of hydrogen-bond acceptors (Lipinski definition) is 6. The Kier molecular flexibility index (Phi) is 7.99. The van der Waals surface area contributed by atoms with Gasteiger partial charge in [-0.05, 0) is 82.2 Å². The highest BCUT2D eigenvalue weighted by Crippen LogP contribution is 2.39. The van der Waals surface area contributed by atoms with Gasteiger partial charge in [-0.1, -0.05) is 48.5 Å². The molecule has 0 radical (unpaired) electrons. The number of aromatic carboxylic acids is 2. The maximum atomic E-state index is 13.0. The number of nitrogens with one attached hydrogen (secondary N) is 2. The van der Waals surface area contributed by atoms with Crippen LogP contribution in [0.25, 0.3) is 21.5 Å². The Labute approximate surface area is 267 Å². The van der Waals surface area contributed by atoms with E-state index in [-0.39, 0.29) is 28.7 Å². The number of rotatable bonds is 8. The first-order valence-electron chi connectivity index (χ1n) is 14.4. The first-order valence-corrected chi connectivity index (χ1v) is 14.4. The van der Waals surface area contributed by atoms with E-state index in [2.05, 4.69) is 10.6 Å². The molecule has 0 aliphatic carbocycles. The van der Waals surface area contributed by atoms with Gasteiger partial charge in [-0.2, -0.15) is 0 Å². The second-order valence-electron chi connectivity index (χ2n) is 10.8. The topological polar surface area (TPSA) is 173 Å². The number of amides is 2. The molecule has 0 unspecified atom stereocenters. The molecule has 10 heteroatoms. The second kappa shape index (κ2) is 12.4. The Morgan fingerprint density at radius 2 is 0.894 bits per heavy atom. The summed E-state index contributed by atoms with van der Waals surface area (Å²) in [5.74, 6) is -4.86. The van der Waals surface area contributed by atoms with E-state index >= 15 is 0 Å². The van der Waals surface area contributed by atoms with E-state index in [9.17, 15) is 39.6 Å². The van der Waals surface area contributed by atoms with Crippen LogP contribution in [0.5, 0.6) is 11.5 Å². The minimum absolute atomic E-state index is 0.0972. The molecule has 47 heavy (non-hydrogen) atoms. The molecular formula is C37H26N2O8. The molecule has 0 aliphatic heterocycles. The monoisotopic (exact) mass is 626 g/mol. The van der Waals surface area contributed by atoms with Gasteiger partial charge in [0.05, 0.1) is 0 Å². The van der Waals surface area contributed by atoms with Gasteiger partial charge in [-0.25, -0.2) is 9.59 Å². The quantitative estimate of drug-likeness (QED) is 0.106. The maximum absolute atomic E-state index is 13.0. The summed E-state index contributed by atoms with van der Waals surface area (Å²) in [6.45, 7) is 0. The van der Waals surface area contributed by atoms with Gasteiger partial charge in [-0.15, -0.1) is 0 Å². The van der Waals surface area contributed by atoms with Crippen LogP contribution in [0.4, 0.5) is 11.4 Å². The molecule has 232 valence electrons. The van der Waals surface area contributed by atoms with Crippen LogP contribution in [-0.4, -0.2) is 44.2 Å². The van der Waals surface area contributed by atoms with Gasteiger partial charge in [0.2, 0.25) is 0 Å². The van der Waals surface area contributed by atoms with Crippen LogP contribution in [0.1, 0.15) is 52.6 Å². The largest absolute Gasteiger partial charge is 0.507 e. The number of hydrogen-bond donors (Lipinski definition) is 6. The van der Waals surface area contributed by atoms with Crippen LogP contribution in [0.3, 0.4) is 0 Å². The highest BCUT2D eigenvalue weighted by molar-refractivity contribution is 6.10. The Balaban J connectivity index is 1.46. The standard InChI is InChI=1S/C37H26N2O8/c40-32-28(26-13-11-20(15-22(26)17-30(32)36(44)45)34(42)38-24-7-3-1-4-8-24)19-29-27-14-12-21(35(43)39-25-9-5-2-6-10-25)16-23(27)18-31(33(29)41)37(46)47/h1-18,40-41H,19H2,(H,38,42)(H,39,43)(H,44,45)(H,46,47). The number of carbonyl (C=O) groups excluding carboxylic acids is 2. The van der Waals surface area contributed by atoms with Gasteiger partial charge in [-0.3, -0.25) is 9.59 Å². The van der Waals surface area contributed by atoms with Gasteiger partial charge >= 0.3 is 11.9 Å². The number of benzene rings is 6. The van der Waals surface area contributed by atoms with E-state index in [0.29, 0.717) is 32.9 Å². The number of phenols is 2. The Hall–Kier alpha value is -6.68. The van der Waals surface area contributed by atoms with Crippen molar-refractivity contribution in [3.05, 3.63) is 143 Å². The zero-order chi connectivity index (χ0) is 33.2. The molecule has 0 bridgehead atoms. The molecule has 0 saturated heterocycles. The molecule has 10 nitrogen and oxygen atoms in total. The van der Waals surface area contributed by atoms with Crippen molar-refractivity contribution >= 4 is 56.7 Å². The maximum Gasteiger partial charge on any atom is 0.339 e. The summed E-state index contributed by atoms with van der Waals surface area (Å²) in [6.07, 6.45) is -0.280. The number of carboxylic acids is 2. The van der Waals surface area contributed by atoms with Gasteiger partial charge in [0.1, 0.15) is 22.6 Å². The first-order chi connectivity index (χ1) is 22.6. The van der Waals surface area contributed by atoms with Crippen molar-refractivity contribution in [2.24, 2.45) is 0 Å². The number of carboxylic acid groups (broad SMARTS) is 2. The Morgan fingerprint density at radius 3 is 1.26 bits per heavy atom. The molecular weight excluding hydrogens is 600 g/mol. The number of anilines is 2. The Bertz CT molecular complexity index is 2070. The van der Waals surface area contributed by atoms with Crippen molar-refractivity contribution in [1.29, 1.82) is 0 Å². The lowest BCUT2D eigenvalue weighted by molar-refractivity contribution is 0.0682. The lowest BCUT2D eigenvalue weighted by Gasteiger charge is -2.17. The normalized spacial score (nSPS) is 10.9. The van der Waals surface area contributed by atoms with E-state index in [1.807, 2.05) is 12.1 Å². The highest BCUT2D eigenvalue weighted by Gasteiger charge is 2.24. The average Bonchev–Trinajstić information content (AvgIpc) is 3.06. The van der Waals surface area contributed by atoms with Crippen molar-refractivity contribution in [1.82, 2.24) is 0 Å². The van der Waals surface area contributed by atoms with Crippen LogP contribution in [0.2, 0.25) is 0 Å². The third kappa shape index (κ3) is 6.03. The molecule has 6 rings (SSSR count). The van der Waals surface area contributed by atoms with Gasteiger partial charge in [0.15, 0.2) is 0 Å². The SMILES string of the molecule is O=C(Nc1ccccc1)c1ccc2c(Cc3c(O)c(C(=O)O)cc4cc(C(=O)Nc5ccccc5)ccc34)c(O)c(C(=O)O)cc2c1. The van der Waals surface area contributed by atoms with Crippen molar-refractivity contribution in [3.8, 4) is 11.5 Å². The molecule has 6 N–H and O–H groups in total. The fourth-order valence-electron chi connectivity index (χ4n) is 5.53. The molecule has 0 fully saturated rings. The highest BCUT2D eigenvalue weighted by atomic mass is 16.4. The molecule has 2 amide bonds. The zero-order valence-corrected chi connectivity index (χ0v) is 24.5.